The molecule has 6 heteroatoms. The standard InChI is InChI=1S/C19H31N5O/c1-14(23-11-16-10-20-13-21-17(16)12-23)8-15-4-5-18-19(9-15)25-7-6-24(18)22(2)3/h10,13-15,18-19H,4-9,11-12H2,1-3H3. The zero-order chi connectivity index (χ0) is 17.4. The summed E-state index contributed by atoms with van der Waals surface area (Å²) in [4.78, 5) is 11.2. The molecule has 0 amide bonds. The van der Waals surface area contributed by atoms with Gasteiger partial charge in [-0.05, 0) is 38.5 Å². The summed E-state index contributed by atoms with van der Waals surface area (Å²) < 4.78 is 6.15. The minimum absolute atomic E-state index is 0.406. The summed E-state index contributed by atoms with van der Waals surface area (Å²) in [5, 5.41) is 4.76. The van der Waals surface area contributed by atoms with Crippen LogP contribution in [0.4, 0.5) is 0 Å². The second-order valence-electron chi connectivity index (χ2n) is 8.15. The topological polar surface area (TPSA) is 44.7 Å². The minimum atomic E-state index is 0.406. The second-order valence-corrected chi connectivity index (χ2v) is 8.15. The third-order valence-corrected chi connectivity index (χ3v) is 6.32. The quantitative estimate of drug-likeness (QED) is 0.831. The summed E-state index contributed by atoms with van der Waals surface area (Å²) in [5.74, 6) is 0.771. The Morgan fingerprint density at radius 3 is 3.00 bits per heavy atom. The van der Waals surface area contributed by atoms with Crippen LogP contribution in [0.15, 0.2) is 12.5 Å². The normalized spacial score (nSPS) is 31.8. The van der Waals surface area contributed by atoms with Crippen molar-refractivity contribution >= 4 is 0 Å². The highest BCUT2D eigenvalue weighted by Crippen LogP contribution is 2.36. The van der Waals surface area contributed by atoms with Crippen LogP contribution >= 0.6 is 0 Å². The van der Waals surface area contributed by atoms with E-state index in [1.807, 2.05) is 6.20 Å². The smallest absolute Gasteiger partial charge is 0.115 e. The fraction of sp³-hybridized carbons (Fsp3) is 0.789. The van der Waals surface area contributed by atoms with Gasteiger partial charge in [0.25, 0.3) is 0 Å². The number of hydrogen-bond acceptors (Lipinski definition) is 6. The van der Waals surface area contributed by atoms with E-state index < -0.39 is 0 Å². The number of fused-ring (bicyclic) bond motifs is 2. The fourth-order valence-corrected chi connectivity index (χ4v) is 4.96. The molecule has 4 rings (SSSR count). The van der Waals surface area contributed by atoms with Gasteiger partial charge in [0.2, 0.25) is 0 Å². The highest BCUT2D eigenvalue weighted by Gasteiger charge is 2.39. The molecular weight excluding hydrogens is 314 g/mol. The van der Waals surface area contributed by atoms with Crippen molar-refractivity contribution in [3.8, 4) is 0 Å². The molecule has 1 saturated heterocycles. The molecule has 6 nitrogen and oxygen atoms in total. The number of ether oxygens (including phenoxy) is 1. The van der Waals surface area contributed by atoms with Gasteiger partial charge in [0.15, 0.2) is 0 Å². The molecular formula is C19H31N5O. The number of aromatic nitrogens is 2. The number of hydrazine groups is 1. The Kier molecular flexibility index (Phi) is 5.04. The molecule has 1 aromatic rings. The van der Waals surface area contributed by atoms with Crippen LogP contribution in [0.25, 0.3) is 0 Å². The van der Waals surface area contributed by atoms with Crippen molar-refractivity contribution in [3.05, 3.63) is 23.8 Å². The fourth-order valence-electron chi connectivity index (χ4n) is 4.96. The molecule has 3 heterocycles. The van der Waals surface area contributed by atoms with Gasteiger partial charge in [0.1, 0.15) is 6.33 Å². The van der Waals surface area contributed by atoms with Crippen molar-refractivity contribution in [1.82, 2.24) is 24.9 Å². The van der Waals surface area contributed by atoms with E-state index in [-0.39, 0.29) is 0 Å². The molecule has 25 heavy (non-hydrogen) atoms. The maximum atomic E-state index is 6.15. The molecule has 0 spiro atoms. The maximum absolute atomic E-state index is 6.15. The van der Waals surface area contributed by atoms with E-state index in [9.17, 15) is 0 Å². The molecule has 4 unspecified atom stereocenters. The van der Waals surface area contributed by atoms with Crippen molar-refractivity contribution in [2.24, 2.45) is 5.92 Å². The lowest BCUT2D eigenvalue weighted by atomic mass is 9.79. The van der Waals surface area contributed by atoms with Gasteiger partial charge in [-0.2, -0.15) is 0 Å². The maximum Gasteiger partial charge on any atom is 0.115 e. The summed E-state index contributed by atoms with van der Waals surface area (Å²) in [5.41, 5.74) is 2.51. The molecule has 0 aromatic carbocycles. The van der Waals surface area contributed by atoms with Gasteiger partial charge in [-0.1, -0.05) is 0 Å². The highest BCUT2D eigenvalue weighted by atomic mass is 16.5. The van der Waals surface area contributed by atoms with Crippen LogP contribution in [-0.4, -0.2) is 70.3 Å². The van der Waals surface area contributed by atoms with E-state index in [4.69, 9.17) is 4.74 Å². The van der Waals surface area contributed by atoms with Gasteiger partial charge in [-0.3, -0.25) is 4.90 Å². The summed E-state index contributed by atoms with van der Waals surface area (Å²) in [6, 6.07) is 1.16. The van der Waals surface area contributed by atoms with Crippen LogP contribution in [0, 0.1) is 5.92 Å². The first-order valence-corrected chi connectivity index (χ1v) is 9.69. The first-order valence-electron chi connectivity index (χ1n) is 9.69. The molecule has 4 atom stereocenters. The average Bonchev–Trinajstić information content (AvgIpc) is 3.05. The highest BCUT2D eigenvalue weighted by molar-refractivity contribution is 5.20. The van der Waals surface area contributed by atoms with Gasteiger partial charge in [0.05, 0.1) is 24.4 Å². The van der Waals surface area contributed by atoms with E-state index in [2.05, 4.69) is 45.9 Å². The van der Waals surface area contributed by atoms with Crippen molar-refractivity contribution in [2.75, 3.05) is 27.2 Å². The average molecular weight is 345 g/mol. The first-order chi connectivity index (χ1) is 12.1. The molecule has 1 aliphatic carbocycles. The number of nitrogens with zero attached hydrogens (tertiary/aromatic N) is 5. The molecule has 3 aliphatic rings. The molecule has 2 aliphatic heterocycles. The number of morpholine rings is 1. The lowest BCUT2D eigenvalue weighted by molar-refractivity contribution is -0.163. The summed E-state index contributed by atoms with van der Waals surface area (Å²) in [7, 11) is 4.31. The Hall–Kier alpha value is -1.08. The second kappa shape index (κ2) is 7.27. The minimum Gasteiger partial charge on any atom is -0.375 e. The van der Waals surface area contributed by atoms with Crippen LogP contribution in [0.5, 0.6) is 0 Å². The zero-order valence-corrected chi connectivity index (χ0v) is 15.8. The SMILES string of the molecule is CC(CC1CCC2C(C1)OCCN2N(C)C)N1Cc2cncnc2C1. The van der Waals surface area contributed by atoms with E-state index in [1.54, 1.807) is 6.33 Å². The van der Waals surface area contributed by atoms with Crippen molar-refractivity contribution < 1.29 is 4.74 Å². The van der Waals surface area contributed by atoms with Gasteiger partial charge in [-0.15, -0.1) is 0 Å². The lowest BCUT2D eigenvalue weighted by Crippen LogP contribution is -2.58. The molecule has 0 radical (unpaired) electrons. The largest absolute Gasteiger partial charge is 0.375 e. The third kappa shape index (κ3) is 3.58. The van der Waals surface area contributed by atoms with Gasteiger partial charge >= 0.3 is 0 Å². The molecule has 1 saturated carbocycles. The van der Waals surface area contributed by atoms with E-state index in [0.717, 1.165) is 32.2 Å². The van der Waals surface area contributed by atoms with Gasteiger partial charge < -0.3 is 4.74 Å². The van der Waals surface area contributed by atoms with Crippen LogP contribution in [0.1, 0.15) is 43.9 Å². The van der Waals surface area contributed by atoms with Crippen LogP contribution < -0.4 is 0 Å². The Balaban J connectivity index is 1.32. The van der Waals surface area contributed by atoms with E-state index in [1.165, 1.54) is 36.9 Å². The van der Waals surface area contributed by atoms with E-state index >= 15 is 0 Å². The first kappa shape index (κ1) is 17.3. The van der Waals surface area contributed by atoms with Crippen LogP contribution in [0.2, 0.25) is 0 Å². The predicted molar refractivity (Wildman–Crippen MR) is 96.6 cm³/mol. The molecule has 0 N–H and O–H groups in total. The Morgan fingerprint density at radius 1 is 1.32 bits per heavy atom. The molecule has 2 fully saturated rings. The number of hydrogen-bond donors (Lipinski definition) is 0. The predicted octanol–water partition coefficient (Wildman–Crippen LogP) is 1.92. The van der Waals surface area contributed by atoms with Crippen molar-refractivity contribution in [2.45, 2.75) is 63.9 Å². The molecule has 138 valence electrons. The Morgan fingerprint density at radius 2 is 2.20 bits per heavy atom. The van der Waals surface area contributed by atoms with Gasteiger partial charge in [-0.25, -0.2) is 20.0 Å². The van der Waals surface area contributed by atoms with Gasteiger partial charge in [0, 0.05) is 51.5 Å². The third-order valence-electron chi connectivity index (χ3n) is 6.32. The Bertz CT molecular complexity index is 570. The van der Waals surface area contributed by atoms with Crippen molar-refractivity contribution in [3.63, 3.8) is 0 Å². The molecule has 1 aromatic heterocycles. The summed E-state index contributed by atoms with van der Waals surface area (Å²) >= 11 is 0. The monoisotopic (exact) mass is 345 g/mol. The summed E-state index contributed by atoms with van der Waals surface area (Å²) in [6.07, 6.45) is 9.10. The van der Waals surface area contributed by atoms with E-state index in [0.29, 0.717) is 18.2 Å². The zero-order valence-electron chi connectivity index (χ0n) is 15.8. The summed E-state index contributed by atoms with van der Waals surface area (Å²) in [6.45, 7) is 6.24. The van der Waals surface area contributed by atoms with Crippen molar-refractivity contribution in [1.29, 1.82) is 0 Å². The number of rotatable bonds is 4. The van der Waals surface area contributed by atoms with Crippen LogP contribution in [-0.2, 0) is 17.8 Å². The van der Waals surface area contributed by atoms with Crippen LogP contribution in [0.3, 0.4) is 0 Å². The lowest BCUT2D eigenvalue weighted by Gasteiger charge is -2.48. The molecule has 0 bridgehead atoms. The Labute approximate surface area is 151 Å².